The fourth-order valence-electron chi connectivity index (χ4n) is 2.00. The minimum atomic E-state index is -0.427. The summed E-state index contributed by atoms with van der Waals surface area (Å²) in [7, 11) is 1.53. The first-order chi connectivity index (χ1) is 8.72. The summed E-state index contributed by atoms with van der Waals surface area (Å²) < 4.78 is 9.83. The molecule has 0 aromatic heterocycles. The van der Waals surface area contributed by atoms with Crippen LogP contribution in [0.3, 0.4) is 0 Å². The van der Waals surface area contributed by atoms with E-state index < -0.39 is 6.09 Å². The lowest BCUT2D eigenvalue weighted by molar-refractivity contribution is 0.0492. The van der Waals surface area contributed by atoms with Crippen LogP contribution in [0.5, 0.6) is 0 Å². The standard InChI is InChI=1S/C12H17N3O3/c1-17-6-7-18-12(16)15-5-3-10(9-14)8-11(15)2-4-13/h10-11H,2-3,5-8H2,1H3. The van der Waals surface area contributed by atoms with E-state index in [1.54, 1.807) is 4.90 Å². The van der Waals surface area contributed by atoms with Crippen LogP contribution in [0.25, 0.3) is 0 Å². The molecule has 0 bridgehead atoms. The fourth-order valence-corrected chi connectivity index (χ4v) is 2.00. The Morgan fingerprint density at radius 1 is 1.44 bits per heavy atom. The molecule has 1 heterocycles. The molecule has 1 fully saturated rings. The molecule has 2 atom stereocenters. The van der Waals surface area contributed by atoms with Gasteiger partial charge in [0.2, 0.25) is 0 Å². The number of nitrogens with zero attached hydrogens (tertiary/aromatic N) is 3. The Kier molecular flexibility index (Phi) is 5.96. The third kappa shape index (κ3) is 3.90. The molecule has 2 unspecified atom stereocenters. The predicted octanol–water partition coefficient (Wildman–Crippen LogP) is 1.29. The van der Waals surface area contributed by atoms with Crippen LogP contribution < -0.4 is 0 Å². The largest absolute Gasteiger partial charge is 0.447 e. The van der Waals surface area contributed by atoms with Crippen LogP contribution >= 0.6 is 0 Å². The number of hydrogen-bond donors (Lipinski definition) is 0. The lowest BCUT2D eigenvalue weighted by Gasteiger charge is -2.35. The highest BCUT2D eigenvalue weighted by Gasteiger charge is 2.32. The van der Waals surface area contributed by atoms with E-state index in [2.05, 4.69) is 12.1 Å². The highest BCUT2D eigenvalue weighted by Crippen LogP contribution is 2.24. The SMILES string of the molecule is COCCOC(=O)N1CCC(C#N)CC1CC#N. The third-order valence-electron chi connectivity index (χ3n) is 2.97. The number of methoxy groups -OCH3 is 1. The molecule has 0 radical (unpaired) electrons. The Morgan fingerprint density at radius 3 is 2.83 bits per heavy atom. The van der Waals surface area contributed by atoms with Crippen LogP contribution in [-0.4, -0.2) is 43.9 Å². The number of rotatable bonds is 4. The first-order valence-corrected chi connectivity index (χ1v) is 5.91. The van der Waals surface area contributed by atoms with Gasteiger partial charge in [0.05, 0.1) is 25.2 Å². The van der Waals surface area contributed by atoms with Crippen LogP contribution in [0, 0.1) is 28.6 Å². The summed E-state index contributed by atoms with van der Waals surface area (Å²) in [5, 5.41) is 17.7. The monoisotopic (exact) mass is 251 g/mol. The summed E-state index contributed by atoms with van der Waals surface area (Å²) in [5.74, 6) is -0.0774. The Morgan fingerprint density at radius 2 is 2.22 bits per heavy atom. The van der Waals surface area contributed by atoms with Gasteiger partial charge in [-0.05, 0) is 12.8 Å². The van der Waals surface area contributed by atoms with Crippen LogP contribution in [-0.2, 0) is 9.47 Å². The Balaban J connectivity index is 2.54. The molecular weight excluding hydrogens is 234 g/mol. The highest BCUT2D eigenvalue weighted by molar-refractivity contribution is 5.68. The van der Waals surface area contributed by atoms with E-state index in [1.807, 2.05) is 0 Å². The quantitative estimate of drug-likeness (QED) is 0.702. The number of carbonyl (C=O) groups excluding carboxylic acids is 1. The minimum absolute atomic E-state index is 0.0774. The van der Waals surface area contributed by atoms with Gasteiger partial charge in [-0.2, -0.15) is 10.5 Å². The average Bonchev–Trinajstić information content (AvgIpc) is 2.39. The Labute approximate surface area is 107 Å². The second kappa shape index (κ2) is 7.52. The first kappa shape index (κ1) is 14.3. The lowest BCUT2D eigenvalue weighted by atomic mass is 9.91. The van der Waals surface area contributed by atoms with E-state index in [0.717, 1.165) is 0 Å². The molecule has 0 aromatic rings. The summed E-state index contributed by atoms with van der Waals surface area (Å²) in [6.45, 7) is 1.02. The molecule has 1 amide bonds. The van der Waals surface area contributed by atoms with Crippen molar-refractivity contribution in [3.8, 4) is 12.1 Å². The number of hydrogen-bond acceptors (Lipinski definition) is 5. The van der Waals surface area contributed by atoms with E-state index in [1.165, 1.54) is 7.11 Å². The van der Waals surface area contributed by atoms with Gasteiger partial charge < -0.3 is 14.4 Å². The number of likely N-dealkylation sites (tertiary alicyclic amines) is 1. The number of carbonyl (C=O) groups is 1. The Bertz CT molecular complexity index is 359. The molecule has 0 spiro atoms. The average molecular weight is 251 g/mol. The van der Waals surface area contributed by atoms with Gasteiger partial charge in [0.25, 0.3) is 0 Å². The van der Waals surface area contributed by atoms with Crippen LogP contribution in [0.15, 0.2) is 0 Å². The van der Waals surface area contributed by atoms with E-state index in [-0.39, 0.29) is 25.0 Å². The highest BCUT2D eigenvalue weighted by atomic mass is 16.6. The van der Waals surface area contributed by atoms with E-state index in [9.17, 15) is 4.79 Å². The van der Waals surface area contributed by atoms with Gasteiger partial charge in [-0.15, -0.1) is 0 Å². The second-order valence-corrected chi connectivity index (χ2v) is 4.17. The number of amides is 1. The maximum Gasteiger partial charge on any atom is 0.410 e. The predicted molar refractivity (Wildman–Crippen MR) is 62.3 cm³/mol. The van der Waals surface area contributed by atoms with Gasteiger partial charge >= 0.3 is 6.09 Å². The molecule has 6 nitrogen and oxygen atoms in total. The maximum absolute atomic E-state index is 11.8. The molecule has 0 saturated carbocycles. The van der Waals surface area contributed by atoms with Gasteiger partial charge in [0, 0.05) is 25.6 Å². The minimum Gasteiger partial charge on any atom is -0.447 e. The molecule has 0 N–H and O–H groups in total. The fraction of sp³-hybridized carbons (Fsp3) is 0.750. The van der Waals surface area contributed by atoms with Crippen molar-refractivity contribution in [1.29, 1.82) is 10.5 Å². The molecule has 0 aliphatic carbocycles. The summed E-state index contributed by atoms with van der Waals surface area (Å²) in [4.78, 5) is 13.4. The van der Waals surface area contributed by atoms with Gasteiger partial charge in [-0.3, -0.25) is 0 Å². The lowest BCUT2D eigenvalue weighted by Crippen LogP contribution is -2.46. The van der Waals surface area contributed by atoms with Crippen molar-refractivity contribution in [2.45, 2.75) is 25.3 Å². The van der Waals surface area contributed by atoms with Gasteiger partial charge in [0.1, 0.15) is 6.61 Å². The molecule has 1 saturated heterocycles. The van der Waals surface area contributed by atoms with E-state index in [4.69, 9.17) is 20.0 Å². The van der Waals surface area contributed by atoms with Crippen LogP contribution in [0.4, 0.5) is 4.79 Å². The molecule has 98 valence electrons. The number of nitriles is 2. The summed E-state index contributed by atoms with van der Waals surface area (Å²) in [5.41, 5.74) is 0. The molecule has 0 aromatic carbocycles. The normalized spacial score (nSPS) is 22.9. The van der Waals surface area contributed by atoms with Crippen molar-refractivity contribution in [2.75, 3.05) is 26.9 Å². The third-order valence-corrected chi connectivity index (χ3v) is 2.97. The maximum atomic E-state index is 11.8. The summed E-state index contributed by atoms with van der Waals surface area (Å²) in [6, 6.07) is 4.03. The molecule has 1 rings (SSSR count). The van der Waals surface area contributed by atoms with Gasteiger partial charge in [0.15, 0.2) is 0 Å². The second-order valence-electron chi connectivity index (χ2n) is 4.17. The molecule has 1 aliphatic rings. The number of ether oxygens (including phenoxy) is 2. The number of piperidine rings is 1. The zero-order chi connectivity index (χ0) is 13.4. The first-order valence-electron chi connectivity index (χ1n) is 5.91. The molecule has 18 heavy (non-hydrogen) atoms. The zero-order valence-corrected chi connectivity index (χ0v) is 10.5. The summed E-state index contributed by atoms with van der Waals surface area (Å²) >= 11 is 0. The van der Waals surface area contributed by atoms with Gasteiger partial charge in [-0.1, -0.05) is 0 Å². The molecular formula is C12H17N3O3. The summed E-state index contributed by atoms with van der Waals surface area (Å²) in [6.07, 6.45) is 0.988. The van der Waals surface area contributed by atoms with Crippen molar-refractivity contribution in [3.05, 3.63) is 0 Å². The van der Waals surface area contributed by atoms with Crippen molar-refractivity contribution in [2.24, 2.45) is 5.92 Å². The zero-order valence-electron chi connectivity index (χ0n) is 10.5. The van der Waals surface area contributed by atoms with Crippen LogP contribution in [0.1, 0.15) is 19.3 Å². The molecule has 1 aliphatic heterocycles. The smallest absolute Gasteiger partial charge is 0.410 e. The van der Waals surface area contributed by atoms with Crippen molar-refractivity contribution in [1.82, 2.24) is 4.90 Å². The topological polar surface area (TPSA) is 86.3 Å². The van der Waals surface area contributed by atoms with Crippen molar-refractivity contribution < 1.29 is 14.3 Å². The molecule has 6 heteroatoms. The van der Waals surface area contributed by atoms with Crippen molar-refractivity contribution >= 4 is 6.09 Å². The van der Waals surface area contributed by atoms with Crippen molar-refractivity contribution in [3.63, 3.8) is 0 Å². The van der Waals surface area contributed by atoms with Crippen LogP contribution in [0.2, 0.25) is 0 Å². The Hall–Kier alpha value is -1.79. The van der Waals surface area contributed by atoms with E-state index >= 15 is 0 Å². The van der Waals surface area contributed by atoms with E-state index in [0.29, 0.717) is 26.0 Å². The van der Waals surface area contributed by atoms with Gasteiger partial charge in [-0.25, -0.2) is 4.79 Å².